The van der Waals surface area contributed by atoms with Gasteiger partial charge in [-0.05, 0) is 31.0 Å². The molecule has 1 aromatic carbocycles. The van der Waals surface area contributed by atoms with Crippen molar-refractivity contribution in [3.05, 3.63) is 29.8 Å². The lowest BCUT2D eigenvalue weighted by Gasteiger charge is -2.24. The van der Waals surface area contributed by atoms with Gasteiger partial charge in [-0.2, -0.15) is 0 Å². The lowest BCUT2D eigenvalue weighted by molar-refractivity contribution is 0.0470. The van der Waals surface area contributed by atoms with Crippen LogP contribution in [0.3, 0.4) is 0 Å². The van der Waals surface area contributed by atoms with Gasteiger partial charge in [-0.25, -0.2) is 0 Å². The molecule has 0 saturated heterocycles. The largest absolute Gasteiger partial charge is 0.385 e. The molecule has 0 saturated carbocycles. The molecular weight excluding hydrogens is 186 g/mol. The highest BCUT2D eigenvalue weighted by Gasteiger charge is 2.21. The van der Waals surface area contributed by atoms with Crippen LogP contribution < -0.4 is 4.90 Å². The summed E-state index contributed by atoms with van der Waals surface area (Å²) in [5, 5.41) is 10.2. The van der Waals surface area contributed by atoms with E-state index in [2.05, 4.69) is 11.8 Å². The van der Waals surface area contributed by atoms with Gasteiger partial charge in [-0.3, -0.25) is 0 Å². The van der Waals surface area contributed by atoms with E-state index in [4.69, 9.17) is 0 Å². The van der Waals surface area contributed by atoms with Crippen LogP contribution in [0.2, 0.25) is 0 Å². The van der Waals surface area contributed by atoms with Crippen molar-refractivity contribution in [3.63, 3.8) is 0 Å². The Balaban J connectivity index is 2.88. The maximum absolute atomic E-state index is 10.2. The molecule has 15 heavy (non-hydrogen) atoms. The molecule has 2 nitrogen and oxygen atoms in total. The van der Waals surface area contributed by atoms with Crippen molar-refractivity contribution in [3.8, 4) is 0 Å². The highest BCUT2D eigenvalue weighted by molar-refractivity contribution is 5.46. The summed E-state index contributed by atoms with van der Waals surface area (Å²) >= 11 is 0. The van der Waals surface area contributed by atoms with Crippen LogP contribution in [0, 0.1) is 0 Å². The molecule has 0 aliphatic heterocycles. The zero-order valence-electron chi connectivity index (χ0n) is 10.1. The molecule has 84 valence electrons. The zero-order chi connectivity index (χ0) is 11.5. The van der Waals surface area contributed by atoms with Crippen molar-refractivity contribution in [2.24, 2.45) is 0 Å². The third-order valence-electron chi connectivity index (χ3n) is 2.74. The molecule has 0 aromatic heterocycles. The van der Waals surface area contributed by atoms with Gasteiger partial charge in [0.2, 0.25) is 0 Å². The van der Waals surface area contributed by atoms with Crippen LogP contribution in [0.25, 0.3) is 0 Å². The van der Waals surface area contributed by atoms with E-state index in [1.54, 1.807) is 0 Å². The molecule has 1 rings (SSSR count). The predicted molar refractivity (Wildman–Crippen MR) is 65.2 cm³/mol. The summed E-state index contributed by atoms with van der Waals surface area (Å²) < 4.78 is 0. The molecule has 0 fully saturated rings. The first-order valence-corrected chi connectivity index (χ1v) is 5.47. The SMILES string of the molecule is CCC[C@](C)(O)c1ccc(N(C)C)cc1. The van der Waals surface area contributed by atoms with E-state index in [0.29, 0.717) is 0 Å². The van der Waals surface area contributed by atoms with Gasteiger partial charge in [-0.1, -0.05) is 25.5 Å². The topological polar surface area (TPSA) is 23.5 Å². The number of nitrogens with zero attached hydrogens (tertiary/aromatic N) is 1. The van der Waals surface area contributed by atoms with Gasteiger partial charge in [0, 0.05) is 19.8 Å². The van der Waals surface area contributed by atoms with Gasteiger partial charge >= 0.3 is 0 Å². The van der Waals surface area contributed by atoms with Crippen molar-refractivity contribution >= 4 is 5.69 Å². The van der Waals surface area contributed by atoms with E-state index in [1.165, 1.54) is 0 Å². The number of aliphatic hydroxyl groups is 1. The molecule has 0 aliphatic carbocycles. The maximum atomic E-state index is 10.2. The third kappa shape index (κ3) is 2.96. The summed E-state index contributed by atoms with van der Waals surface area (Å²) in [6, 6.07) is 8.09. The van der Waals surface area contributed by atoms with Gasteiger partial charge in [0.1, 0.15) is 0 Å². The standard InChI is InChI=1S/C13H21NO/c1-5-10-13(2,15)11-6-8-12(9-7-11)14(3)4/h6-9,15H,5,10H2,1-4H3/t13-/m0/s1. The fraction of sp³-hybridized carbons (Fsp3) is 0.538. The molecule has 0 radical (unpaired) electrons. The van der Waals surface area contributed by atoms with Gasteiger partial charge in [0.15, 0.2) is 0 Å². The van der Waals surface area contributed by atoms with E-state index in [9.17, 15) is 5.11 Å². The fourth-order valence-corrected chi connectivity index (χ4v) is 1.75. The molecule has 1 atom stereocenters. The Morgan fingerprint density at radius 3 is 2.13 bits per heavy atom. The van der Waals surface area contributed by atoms with E-state index < -0.39 is 5.60 Å². The smallest absolute Gasteiger partial charge is 0.0868 e. The third-order valence-corrected chi connectivity index (χ3v) is 2.74. The molecule has 2 heteroatoms. The van der Waals surface area contributed by atoms with E-state index in [-0.39, 0.29) is 0 Å². The normalized spacial score (nSPS) is 14.7. The van der Waals surface area contributed by atoms with E-state index >= 15 is 0 Å². The van der Waals surface area contributed by atoms with Gasteiger partial charge in [-0.15, -0.1) is 0 Å². The second-order valence-corrected chi connectivity index (χ2v) is 4.47. The lowest BCUT2D eigenvalue weighted by atomic mass is 9.91. The van der Waals surface area contributed by atoms with Gasteiger partial charge < -0.3 is 10.0 Å². The van der Waals surface area contributed by atoms with Crippen LogP contribution in [0.1, 0.15) is 32.3 Å². The van der Waals surface area contributed by atoms with Crippen LogP contribution in [-0.4, -0.2) is 19.2 Å². The number of hydrogen-bond donors (Lipinski definition) is 1. The lowest BCUT2D eigenvalue weighted by Crippen LogP contribution is -2.20. The molecule has 1 aromatic rings. The Morgan fingerprint density at radius 2 is 1.73 bits per heavy atom. The average Bonchev–Trinajstić information content (AvgIpc) is 2.18. The van der Waals surface area contributed by atoms with Crippen LogP contribution in [-0.2, 0) is 5.60 Å². The summed E-state index contributed by atoms with van der Waals surface area (Å²) in [4.78, 5) is 2.05. The summed E-state index contributed by atoms with van der Waals surface area (Å²) in [7, 11) is 4.03. The highest BCUT2D eigenvalue weighted by Crippen LogP contribution is 2.27. The van der Waals surface area contributed by atoms with Crippen molar-refractivity contribution < 1.29 is 5.11 Å². The number of rotatable bonds is 4. The summed E-state index contributed by atoms with van der Waals surface area (Å²) in [6.07, 6.45) is 1.79. The maximum Gasteiger partial charge on any atom is 0.0868 e. The first-order chi connectivity index (χ1) is 6.97. The van der Waals surface area contributed by atoms with Gasteiger partial charge in [0.25, 0.3) is 0 Å². The summed E-state index contributed by atoms with van der Waals surface area (Å²) in [5.41, 5.74) is 1.46. The molecule has 0 unspecified atom stereocenters. The second-order valence-electron chi connectivity index (χ2n) is 4.47. The molecule has 0 amide bonds. The monoisotopic (exact) mass is 207 g/mol. The molecule has 0 aliphatic rings. The predicted octanol–water partition coefficient (Wildman–Crippen LogP) is 2.76. The van der Waals surface area contributed by atoms with Crippen LogP contribution in [0.4, 0.5) is 5.69 Å². The number of hydrogen-bond acceptors (Lipinski definition) is 2. The summed E-state index contributed by atoms with van der Waals surface area (Å²) in [6.45, 7) is 3.96. The average molecular weight is 207 g/mol. The fourth-order valence-electron chi connectivity index (χ4n) is 1.75. The van der Waals surface area contributed by atoms with E-state index in [1.807, 2.05) is 45.3 Å². The Kier molecular flexibility index (Phi) is 3.75. The van der Waals surface area contributed by atoms with Crippen molar-refractivity contribution in [1.29, 1.82) is 0 Å². The molecule has 0 bridgehead atoms. The van der Waals surface area contributed by atoms with Gasteiger partial charge in [0.05, 0.1) is 5.60 Å². The highest BCUT2D eigenvalue weighted by atomic mass is 16.3. The number of benzene rings is 1. The molecular formula is C13H21NO. The molecule has 1 N–H and O–H groups in total. The van der Waals surface area contributed by atoms with Crippen LogP contribution in [0.5, 0.6) is 0 Å². The second kappa shape index (κ2) is 4.67. The van der Waals surface area contributed by atoms with Crippen LogP contribution >= 0.6 is 0 Å². The Labute approximate surface area is 92.5 Å². The van der Waals surface area contributed by atoms with E-state index in [0.717, 1.165) is 24.1 Å². The Morgan fingerprint density at radius 1 is 1.20 bits per heavy atom. The van der Waals surface area contributed by atoms with Crippen molar-refractivity contribution in [1.82, 2.24) is 0 Å². The molecule has 0 heterocycles. The minimum atomic E-state index is -0.695. The quantitative estimate of drug-likeness (QED) is 0.820. The zero-order valence-corrected chi connectivity index (χ0v) is 10.1. The Hall–Kier alpha value is -1.02. The van der Waals surface area contributed by atoms with Crippen molar-refractivity contribution in [2.45, 2.75) is 32.3 Å². The Bertz CT molecular complexity index is 301. The van der Waals surface area contributed by atoms with Crippen molar-refractivity contribution in [2.75, 3.05) is 19.0 Å². The van der Waals surface area contributed by atoms with Crippen LogP contribution in [0.15, 0.2) is 24.3 Å². The minimum Gasteiger partial charge on any atom is -0.385 e. The first kappa shape index (κ1) is 12.1. The first-order valence-electron chi connectivity index (χ1n) is 5.47. The number of anilines is 1. The minimum absolute atomic E-state index is 0.695. The molecule has 0 spiro atoms. The summed E-state index contributed by atoms with van der Waals surface area (Å²) in [5.74, 6) is 0.